The lowest BCUT2D eigenvalue weighted by atomic mass is 10.2. The lowest BCUT2D eigenvalue weighted by Crippen LogP contribution is -2.37. The van der Waals surface area contributed by atoms with Crippen molar-refractivity contribution in [2.45, 2.75) is 39.8 Å². The highest BCUT2D eigenvalue weighted by Crippen LogP contribution is 2.31. The van der Waals surface area contributed by atoms with E-state index in [1.54, 1.807) is 23.1 Å². The third kappa shape index (κ3) is 4.39. The molecule has 9 heteroatoms. The van der Waals surface area contributed by atoms with Gasteiger partial charge in [0.2, 0.25) is 5.28 Å². The van der Waals surface area contributed by atoms with Crippen molar-refractivity contribution in [2.24, 2.45) is 0 Å². The highest BCUT2D eigenvalue weighted by molar-refractivity contribution is 9.10. The summed E-state index contributed by atoms with van der Waals surface area (Å²) in [6, 6.07) is 3.66. The second-order valence-corrected chi connectivity index (χ2v) is 8.21. The van der Waals surface area contributed by atoms with E-state index in [4.69, 9.17) is 16.3 Å². The zero-order valence-electron chi connectivity index (χ0n) is 15.4. The first kappa shape index (κ1) is 19.6. The number of hydrogen-bond acceptors (Lipinski definition) is 5. The van der Waals surface area contributed by atoms with Crippen LogP contribution in [0.2, 0.25) is 5.28 Å². The number of anilines is 1. The van der Waals surface area contributed by atoms with Crippen LogP contribution in [0, 0.1) is 6.92 Å². The second-order valence-electron chi connectivity index (χ2n) is 7.02. The molecule has 0 radical (unpaired) electrons. The van der Waals surface area contributed by atoms with Crippen LogP contribution in [0.25, 0.3) is 5.52 Å². The average Bonchev–Trinajstić information content (AvgIpc) is 2.85. The van der Waals surface area contributed by atoms with Gasteiger partial charge in [0.1, 0.15) is 11.1 Å². The fraction of sp³-hybridized carbons (Fsp3) is 0.333. The first-order chi connectivity index (χ1) is 12.7. The van der Waals surface area contributed by atoms with Crippen LogP contribution in [0.15, 0.2) is 35.2 Å². The molecule has 0 saturated heterocycles. The van der Waals surface area contributed by atoms with Gasteiger partial charge in [0.15, 0.2) is 5.82 Å². The number of hydrogen-bond donors (Lipinski definition) is 0. The summed E-state index contributed by atoms with van der Waals surface area (Å²) in [6.45, 7) is 7.62. The normalized spacial score (nSPS) is 11.6. The van der Waals surface area contributed by atoms with Gasteiger partial charge in [-0.2, -0.15) is 4.98 Å². The Kier molecular flexibility index (Phi) is 5.39. The molecule has 0 spiro atoms. The van der Waals surface area contributed by atoms with E-state index in [0.29, 0.717) is 11.3 Å². The molecule has 0 aliphatic heterocycles. The number of carbonyl (C=O) groups is 1. The van der Waals surface area contributed by atoms with Gasteiger partial charge in [-0.1, -0.05) is 0 Å². The number of pyridine rings is 1. The molecule has 0 atom stereocenters. The summed E-state index contributed by atoms with van der Waals surface area (Å²) in [5, 5.41) is 4.22. The monoisotopic (exact) mass is 451 g/mol. The molecule has 0 aliphatic rings. The van der Waals surface area contributed by atoms with Crippen LogP contribution in [0.3, 0.4) is 0 Å². The molecule has 3 aromatic rings. The minimum Gasteiger partial charge on any atom is -0.443 e. The Morgan fingerprint density at radius 1 is 1.33 bits per heavy atom. The Morgan fingerprint density at radius 2 is 2.00 bits per heavy atom. The first-order valence-electron chi connectivity index (χ1n) is 8.26. The molecule has 142 valence electrons. The predicted molar refractivity (Wildman–Crippen MR) is 107 cm³/mol. The van der Waals surface area contributed by atoms with Gasteiger partial charge < -0.3 is 4.74 Å². The SMILES string of the molecule is Cc1c(Br)cn2nc(Cl)nc(N(Cc3ccncc3)C(=O)OC(C)(C)C)c12. The molecule has 7 nitrogen and oxygen atoms in total. The van der Waals surface area contributed by atoms with E-state index < -0.39 is 11.7 Å². The van der Waals surface area contributed by atoms with E-state index in [0.717, 1.165) is 15.6 Å². The highest BCUT2D eigenvalue weighted by atomic mass is 79.9. The molecular formula is C18H19BrClN5O2. The molecule has 0 unspecified atom stereocenters. The van der Waals surface area contributed by atoms with E-state index in [2.05, 4.69) is 31.0 Å². The summed E-state index contributed by atoms with van der Waals surface area (Å²) in [6.07, 6.45) is 4.60. The standard InChI is InChI=1S/C18H19BrClN5O2/c1-11-13(19)10-25-14(11)15(22-16(20)23-25)24(17(26)27-18(2,3)4)9-12-5-7-21-8-6-12/h5-8,10H,9H2,1-4H3. The minimum atomic E-state index is -0.654. The van der Waals surface area contributed by atoms with Crippen molar-refractivity contribution >= 4 is 45.0 Å². The Bertz CT molecular complexity index is 985. The van der Waals surface area contributed by atoms with Gasteiger partial charge >= 0.3 is 6.09 Å². The Hall–Kier alpha value is -2.19. The molecule has 3 heterocycles. The maximum atomic E-state index is 13.0. The number of aromatic nitrogens is 4. The number of nitrogens with zero attached hydrogens (tertiary/aromatic N) is 5. The molecule has 0 aromatic carbocycles. The molecule has 3 aromatic heterocycles. The number of amides is 1. The van der Waals surface area contributed by atoms with Crippen LogP contribution >= 0.6 is 27.5 Å². The fourth-order valence-corrected chi connectivity index (χ4v) is 3.10. The maximum Gasteiger partial charge on any atom is 0.416 e. The van der Waals surface area contributed by atoms with Gasteiger partial charge in [0, 0.05) is 23.1 Å². The second kappa shape index (κ2) is 7.44. The summed E-state index contributed by atoms with van der Waals surface area (Å²) in [5.41, 5.74) is 1.79. The fourth-order valence-electron chi connectivity index (χ4n) is 2.56. The number of aryl methyl sites for hydroxylation is 1. The summed E-state index contributed by atoms with van der Waals surface area (Å²) >= 11 is 9.62. The highest BCUT2D eigenvalue weighted by Gasteiger charge is 2.28. The van der Waals surface area contributed by atoms with E-state index in [-0.39, 0.29) is 11.8 Å². The van der Waals surface area contributed by atoms with Gasteiger partial charge in [-0.05, 0) is 78.5 Å². The largest absolute Gasteiger partial charge is 0.443 e. The predicted octanol–water partition coefficient (Wildman–Crippen LogP) is 4.79. The van der Waals surface area contributed by atoms with Gasteiger partial charge in [0.25, 0.3) is 0 Å². The molecule has 27 heavy (non-hydrogen) atoms. The quantitative estimate of drug-likeness (QED) is 0.571. The van der Waals surface area contributed by atoms with E-state index in [1.165, 1.54) is 4.90 Å². The number of carbonyl (C=O) groups excluding carboxylic acids is 1. The first-order valence-corrected chi connectivity index (χ1v) is 9.43. The Morgan fingerprint density at radius 3 is 2.63 bits per heavy atom. The van der Waals surface area contributed by atoms with Gasteiger partial charge in [-0.25, -0.2) is 9.31 Å². The smallest absolute Gasteiger partial charge is 0.416 e. The zero-order chi connectivity index (χ0) is 19.8. The van der Waals surface area contributed by atoms with Crippen LogP contribution in [-0.4, -0.2) is 31.3 Å². The van der Waals surface area contributed by atoms with Crippen molar-refractivity contribution in [1.82, 2.24) is 19.6 Å². The summed E-state index contributed by atoms with van der Waals surface area (Å²) in [7, 11) is 0. The summed E-state index contributed by atoms with van der Waals surface area (Å²) in [5.74, 6) is 0.379. The Balaban J connectivity index is 2.15. The molecule has 0 N–H and O–H groups in total. The van der Waals surface area contributed by atoms with Crippen molar-refractivity contribution in [2.75, 3.05) is 4.90 Å². The molecule has 1 amide bonds. The van der Waals surface area contributed by atoms with Crippen molar-refractivity contribution in [3.05, 3.63) is 51.6 Å². The van der Waals surface area contributed by atoms with Crippen LogP contribution in [0.4, 0.5) is 10.6 Å². The van der Waals surface area contributed by atoms with E-state index in [9.17, 15) is 4.79 Å². The topological polar surface area (TPSA) is 72.6 Å². The zero-order valence-corrected chi connectivity index (χ0v) is 17.7. The summed E-state index contributed by atoms with van der Waals surface area (Å²) < 4.78 is 8.06. The van der Waals surface area contributed by atoms with Crippen molar-refractivity contribution in [3.8, 4) is 0 Å². The maximum absolute atomic E-state index is 13.0. The van der Waals surface area contributed by atoms with Crippen LogP contribution in [-0.2, 0) is 11.3 Å². The Labute approximate surface area is 170 Å². The number of halogens is 2. The molecule has 0 bridgehead atoms. The molecule has 0 saturated carbocycles. The van der Waals surface area contributed by atoms with Gasteiger partial charge in [-0.15, -0.1) is 5.10 Å². The average molecular weight is 453 g/mol. The van der Waals surface area contributed by atoms with E-state index in [1.807, 2.05) is 39.8 Å². The van der Waals surface area contributed by atoms with Crippen LogP contribution in [0.1, 0.15) is 31.9 Å². The van der Waals surface area contributed by atoms with Crippen LogP contribution < -0.4 is 4.90 Å². The molecule has 0 aliphatic carbocycles. The minimum absolute atomic E-state index is 0.0308. The third-order valence-electron chi connectivity index (χ3n) is 3.74. The van der Waals surface area contributed by atoms with Crippen LogP contribution in [0.5, 0.6) is 0 Å². The third-order valence-corrected chi connectivity index (χ3v) is 4.70. The lowest BCUT2D eigenvalue weighted by molar-refractivity contribution is 0.0576. The van der Waals surface area contributed by atoms with Crippen molar-refractivity contribution in [1.29, 1.82) is 0 Å². The molecule has 0 fully saturated rings. The lowest BCUT2D eigenvalue weighted by Gasteiger charge is -2.27. The van der Waals surface area contributed by atoms with Crippen molar-refractivity contribution < 1.29 is 9.53 Å². The molecule has 3 rings (SSSR count). The number of rotatable bonds is 3. The number of ether oxygens (including phenoxy) is 1. The van der Waals surface area contributed by atoms with Gasteiger partial charge in [0.05, 0.1) is 6.54 Å². The van der Waals surface area contributed by atoms with Crippen molar-refractivity contribution in [3.63, 3.8) is 0 Å². The van der Waals surface area contributed by atoms with Gasteiger partial charge in [-0.3, -0.25) is 9.88 Å². The molecular weight excluding hydrogens is 434 g/mol. The van der Waals surface area contributed by atoms with E-state index >= 15 is 0 Å². The number of fused-ring (bicyclic) bond motifs is 1. The summed E-state index contributed by atoms with van der Waals surface area (Å²) in [4.78, 5) is 22.8.